The Kier molecular flexibility index (Phi) is 3.18. The van der Waals surface area contributed by atoms with E-state index < -0.39 is 29.2 Å². The van der Waals surface area contributed by atoms with Gasteiger partial charge in [-0.05, 0) is 0 Å². The molecule has 0 aliphatic heterocycles. The Morgan fingerprint density at radius 1 is 1.19 bits per heavy atom. The molecule has 0 aromatic rings. The fourth-order valence-electron chi connectivity index (χ4n) is 1.43. The highest BCUT2D eigenvalue weighted by Gasteiger charge is 2.54. The van der Waals surface area contributed by atoms with Crippen LogP contribution < -0.4 is 0 Å². The Hall–Kier alpha value is -1.63. The largest absolute Gasteiger partial charge is 0.481 e. The Morgan fingerprint density at radius 3 is 2.06 bits per heavy atom. The van der Waals surface area contributed by atoms with Gasteiger partial charge in [-0.25, -0.2) is 0 Å². The topological polar surface area (TPSA) is 112 Å². The minimum absolute atomic E-state index is 0.332. The van der Waals surface area contributed by atoms with Gasteiger partial charge in [-0.1, -0.05) is 34.2 Å². The van der Waals surface area contributed by atoms with Crippen LogP contribution in [0.25, 0.3) is 0 Å². The van der Waals surface area contributed by atoms with Crippen LogP contribution in [0, 0.1) is 11.3 Å². The molecule has 0 aromatic carbocycles. The van der Waals surface area contributed by atoms with Crippen LogP contribution in [-0.2, 0) is 14.4 Å². The van der Waals surface area contributed by atoms with Crippen LogP contribution in [0.1, 0.15) is 0 Å². The molecule has 0 amide bonds. The van der Waals surface area contributed by atoms with Crippen molar-refractivity contribution in [2.75, 3.05) is 0 Å². The van der Waals surface area contributed by atoms with E-state index in [4.69, 9.17) is 15.3 Å². The lowest BCUT2D eigenvalue weighted by molar-refractivity contribution is -0.169. The normalized spacial score (nSPS) is 22.3. The molecule has 0 saturated heterocycles. The van der Waals surface area contributed by atoms with Crippen molar-refractivity contribution in [1.82, 2.24) is 0 Å². The standard InChI is InChI=1S/C9H7BrO6/c10-4-1-2-9(7(13)14,8(15)16)5(3-4)6(11)12/h1-3,5H,(H,11,12)(H,13,14)(H,15,16). The van der Waals surface area contributed by atoms with Crippen LogP contribution in [0.4, 0.5) is 0 Å². The van der Waals surface area contributed by atoms with Crippen molar-refractivity contribution in [2.24, 2.45) is 11.3 Å². The zero-order valence-electron chi connectivity index (χ0n) is 7.75. The quantitative estimate of drug-likeness (QED) is 0.659. The summed E-state index contributed by atoms with van der Waals surface area (Å²) in [7, 11) is 0. The molecule has 0 spiro atoms. The minimum atomic E-state index is -2.46. The smallest absolute Gasteiger partial charge is 0.326 e. The first-order chi connectivity index (χ1) is 7.32. The molecule has 16 heavy (non-hydrogen) atoms. The Bertz CT molecular complexity index is 408. The molecular formula is C9H7BrO6. The molecule has 0 fully saturated rings. The van der Waals surface area contributed by atoms with E-state index in [1.165, 1.54) is 6.08 Å². The summed E-state index contributed by atoms with van der Waals surface area (Å²) in [5.41, 5.74) is -2.46. The number of hydrogen-bond donors (Lipinski definition) is 3. The number of carbonyl (C=O) groups is 3. The zero-order valence-corrected chi connectivity index (χ0v) is 9.34. The van der Waals surface area contributed by atoms with Crippen LogP contribution in [0.5, 0.6) is 0 Å². The second kappa shape index (κ2) is 4.09. The highest BCUT2D eigenvalue weighted by Crippen LogP contribution is 2.37. The SMILES string of the molecule is O=C(O)C1C=C(Br)C=CC1(C(=O)O)C(=O)O. The first-order valence-electron chi connectivity index (χ1n) is 4.08. The van der Waals surface area contributed by atoms with E-state index in [9.17, 15) is 14.4 Å². The molecule has 0 aromatic heterocycles. The van der Waals surface area contributed by atoms with E-state index in [-0.39, 0.29) is 0 Å². The molecule has 1 rings (SSSR count). The molecule has 1 unspecified atom stereocenters. The summed E-state index contributed by atoms with van der Waals surface area (Å²) < 4.78 is 0.332. The van der Waals surface area contributed by atoms with E-state index in [0.29, 0.717) is 4.48 Å². The molecule has 0 radical (unpaired) electrons. The molecule has 7 heteroatoms. The molecule has 1 atom stereocenters. The third kappa shape index (κ3) is 1.73. The summed E-state index contributed by atoms with van der Waals surface area (Å²) in [6, 6.07) is 0. The summed E-state index contributed by atoms with van der Waals surface area (Å²) in [5.74, 6) is -6.58. The second-order valence-electron chi connectivity index (χ2n) is 3.18. The maximum absolute atomic E-state index is 11.0. The van der Waals surface area contributed by atoms with Gasteiger partial charge in [0, 0.05) is 4.48 Å². The molecule has 0 heterocycles. The van der Waals surface area contributed by atoms with Crippen LogP contribution in [0.3, 0.4) is 0 Å². The van der Waals surface area contributed by atoms with Crippen molar-refractivity contribution < 1.29 is 29.7 Å². The van der Waals surface area contributed by atoms with Crippen LogP contribution in [-0.4, -0.2) is 33.2 Å². The highest BCUT2D eigenvalue weighted by molar-refractivity contribution is 9.11. The molecule has 1 aliphatic rings. The van der Waals surface area contributed by atoms with Gasteiger partial charge in [0.2, 0.25) is 0 Å². The Labute approximate surface area is 98.0 Å². The molecule has 86 valence electrons. The van der Waals surface area contributed by atoms with Crippen molar-refractivity contribution in [1.29, 1.82) is 0 Å². The number of hydrogen-bond acceptors (Lipinski definition) is 3. The van der Waals surface area contributed by atoms with Gasteiger partial charge >= 0.3 is 17.9 Å². The zero-order chi connectivity index (χ0) is 12.5. The van der Waals surface area contributed by atoms with Crippen molar-refractivity contribution in [3.63, 3.8) is 0 Å². The predicted molar refractivity (Wildman–Crippen MR) is 55.0 cm³/mol. The van der Waals surface area contributed by atoms with E-state index in [0.717, 1.165) is 12.2 Å². The number of carboxylic acid groups (broad SMARTS) is 3. The number of aliphatic carboxylic acids is 3. The van der Waals surface area contributed by atoms with Crippen LogP contribution in [0.15, 0.2) is 22.7 Å². The third-order valence-corrected chi connectivity index (χ3v) is 2.82. The summed E-state index contributed by atoms with van der Waals surface area (Å²) in [5, 5.41) is 26.7. The first-order valence-corrected chi connectivity index (χ1v) is 4.88. The monoisotopic (exact) mass is 290 g/mol. The first kappa shape index (κ1) is 12.4. The van der Waals surface area contributed by atoms with Gasteiger partial charge in [0.1, 0.15) is 5.92 Å². The predicted octanol–water partition coefficient (Wildman–Crippen LogP) is 0.691. The third-order valence-electron chi connectivity index (χ3n) is 2.30. The van der Waals surface area contributed by atoms with Gasteiger partial charge in [0.25, 0.3) is 0 Å². The number of halogens is 1. The summed E-state index contributed by atoms with van der Waals surface area (Å²) in [6.07, 6.45) is 3.12. The van der Waals surface area contributed by atoms with Crippen molar-refractivity contribution in [3.05, 3.63) is 22.7 Å². The van der Waals surface area contributed by atoms with Gasteiger partial charge in [-0.3, -0.25) is 14.4 Å². The van der Waals surface area contributed by atoms with E-state index in [1.807, 2.05) is 0 Å². The van der Waals surface area contributed by atoms with Crippen molar-refractivity contribution in [3.8, 4) is 0 Å². The van der Waals surface area contributed by atoms with E-state index in [1.54, 1.807) is 0 Å². The summed E-state index contributed by atoms with van der Waals surface area (Å²) in [6.45, 7) is 0. The number of carboxylic acids is 3. The fraction of sp³-hybridized carbons (Fsp3) is 0.222. The maximum Gasteiger partial charge on any atom is 0.326 e. The molecule has 1 aliphatic carbocycles. The summed E-state index contributed by atoms with van der Waals surface area (Å²) >= 11 is 2.97. The average molecular weight is 291 g/mol. The number of allylic oxidation sites excluding steroid dienone is 2. The van der Waals surface area contributed by atoms with Crippen LogP contribution in [0.2, 0.25) is 0 Å². The van der Waals surface area contributed by atoms with Gasteiger partial charge in [0.05, 0.1) is 0 Å². The van der Waals surface area contributed by atoms with Gasteiger partial charge in [0.15, 0.2) is 5.41 Å². The van der Waals surface area contributed by atoms with Crippen molar-refractivity contribution in [2.45, 2.75) is 0 Å². The van der Waals surface area contributed by atoms with Gasteiger partial charge in [-0.2, -0.15) is 0 Å². The molecular weight excluding hydrogens is 284 g/mol. The Morgan fingerprint density at radius 2 is 1.69 bits per heavy atom. The van der Waals surface area contributed by atoms with Crippen molar-refractivity contribution >= 4 is 33.8 Å². The highest BCUT2D eigenvalue weighted by atomic mass is 79.9. The Balaban J connectivity index is 3.39. The second-order valence-corrected chi connectivity index (χ2v) is 4.10. The van der Waals surface area contributed by atoms with Gasteiger partial charge in [-0.15, -0.1) is 0 Å². The molecule has 6 nitrogen and oxygen atoms in total. The number of rotatable bonds is 3. The minimum Gasteiger partial charge on any atom is -0.481 e. The van der Waals surface area contributed by atoms with E-state index >= 15 is 0 Å². The van der Waals surface area contributed by atoms with Crippen LogP contribution >= 0.6 is 15.9 Å². The van der Waals surface area contributed by atoms with Gasteiger partial charge < -0.3 is 15.3 Å². The lowest BCUT2D eigenvalue weighted by Gasteiger charge is -2.28. The molecule has 0 bridgehead atoms. The fourth-order valence-corrected chi connectivity index (χ4v) is 1.82. The maximum atomic E-state index is 11.0. The lowest BCUT2D eigenvalue weighted by atomic mass is 9.72. The molecule has 0 saturated carbocycles. The molecule has 3 N–H and O–H groups in total. The van der Waals surface area contributed by atoms with E-state index in [2.05, 4.69) is 15.9 Å². The summed E-state index contributed by atoms with van der Waals surface area (Å²) in [4.78, 5) is 32.9. The average Bonchev–Trinajstić information content (AvgIpc) is 2.16. The lowest BCUT2D eigenvalue weighted by Crippen LogP contribution is -2.47.